The van der Waals surface area contributed by atoms with Gasteiger partial charge in [0.2, 0.25) is 23.1 Å². The van der Waals surface area contributed by atoms with Crippen molar-refractivity contribution in [2.24, 2.45) is 0 Å². The second-order valence-corrected chi connectivity index (χ2v) is 11.8. The van der Waals surface area contributed by atoms with Gasteiger partial charge in [0.25, 0.3) is 0 Å². The molecule has 2 rings (SSSR count). The largest absolute Gasteiger partial charge is 0.748 e. The van der Waals surface area contributed by atoms with Crippen LogP contribution in [0.25, 0.3) is 0 Å². The molecule has 214 valence electrons. The van der Waals surface area contributed by atoms with Crippen molar-refractivity contribution in [2.75, 3.05) is 41.1 Å². The number of quaternary nitrogens is 1. The van der Waals surface area contributed by atoms with Crippen LogP contribution >= 0.6 is 0 Å². The Morgan fingerprint density at radius 3 is 1.74 bits per heavy atom. The minimum atomic E-state index is -3.92. The Balaban J connectivity index is 0.00000132. The number of ether oxygens (including phenoxy) is 2. The number of nitrogens with zero attached hydrogens (tertiary/aromatic N) is 1. The van der Waals surface area contributed by atoms with Crippen molar-refractivity contribution >= 4 is 21.7 Å². The van der Waals surface area contributed by atoms with Crippen molar-refractivity contribution in [3.05, 3.63) is 58.6 Å². The summed E-state index contributed by atoms with van der Waals surface area (Å²) in [7, 11) is 3.51. The minimum Gasteiger partial charge on any atom is -0.748 e. The predicted molar refractivity (Wildman–Crippen MR) is 148 cm³/mol. The molecular weight excluding hydrogens is 506 g/mol. The summed E-state index contributed by atoms with van der Waals surface area (Å²) in [6.45, 7) is 4.00. The van der Waals surface area contributed by atoms with E-state index in [2.05, 4.69) is 44.4 Å². The van der Waals surface area contributed by atoms with Crippen molar-refractivity contribution in [2.45, 2.75) is 71.3 Å². The Kier molecular flexibility index (Phi) is 14.5. The molecule has 0 aliphatic heterocycles. The van der Waals surface area contributed by atoms with E-state index >= 15 is 0 Å². The number of carbonyl (C=O) groups excluding carboxylic acids is 2. The summed E-state index contributed by atoms with van der Waals surface area (Å²) >= 11 is 0. The number of Topliss-reactive ketones (excluding diaryl/α,β-unsaturated/α-hetero) is 2. The van der Waals surface area contributed by atoms with Crippen LogP contribution in [0.1, 0.15) is 70.3 Å². The SMILES string of the molecule is COC1=C(OC)C(=O)C(CCCCCCCCCC[N+](C)(C)Cc2ccccc2)=C(C)C1=O.CS(=O)(=O)[O-]. The number of carbonyl (C=O) groups is 2. The van der Waals surface area contributed by atoms with E-state index in [4.69, 9.17) is 22.4 Å². The highest BCUT2D eigenvalue weighted by atomic mass is 32.2. The van der Waals surface area contributed by atoms with E-state index < -0.39 is 10.1 Å². The molecule has 0 fully saturated rings. The molecular formula is C29H45NO7S. The summed E-state index contributed by atoms with van der Waals surface area (Å²) in [5.41, 5.74) is 2.47. The lowest BCUT2D eigenvalue weighted by Crippen LogP contribution is -2.39. The van der Waals surface area contributed by atoms with Crippen LogP contribution in [0.3, 0.4) is 0 Å². The molecule has 0 amide bonds. The summed E-state index contributed by atoms with van der Waals surface area (Å²) in [4.78, 5) is 25.1. The smallest absolute Gasteiger partial charge is 0.228 e. The van der Waals surface area contributed by atoms with E-state index in [0.717, 1.165) is 23.9 Å². The summed E-state index contributed by atoms with van der Waals surface area (Å²) in [5, 5.41) is 0. The molecule has 0 radical (unpaired) electrons. The highest BCUT2D eigenvalue weighted by Gasteiger charge is 2.34. The first kappa shape index (κ1) is 33.5. The molecule has 0 saturated carbocycles. The molecule has 0 aromatic heterocycles. The maximum absolute atomic E-state index is 12.6. The van der Waals surface area contributed by atoms with Crippen LogP contribution < -0.4 is 0 Å². The average Bonchev–Trinajstić information content (AvgIpc) is 2.83. The lowest BCUT2D eigenvalue weighted by atomic mass is 9.89. The van der Waals surface area contributed by atoms with E-state index in [9.17, 15) is 9.59 Å². The highest BCUT2D eigenvalue weighted by molar-refractivity contribution is 7.84. The maximum Gasteiger partial charge on any atom is 0.228 e. The fraction of sp³-hybridized carbons (Fsp3) is 0.586. The number of rotatable bonds is 15. The first-order valence-electron chi connectivity index (χ1n) is 13.2. The van der Waals surface area contributed by atoms with Gasteiger partial charge in [0, 0.05) is 23.0 Å². The average molecular weight is 552 g/mol. The van der Waals surface area contributed by atoms with Gasteiger partial charge in [0.05, 0.1) is 45.0 Å². The molecule has 1 aliphatic rings. The summed E-state index contributed by atoms with van der Waals surface area (Å²) in [5.74, 6) is -0.394. The van der Waals surface area contributed by atoms with E-state index in [0.29, 0.717) is 23.8 Å². The van der Waals surface area contributed by atoms with Crippen molar-refractivity contribution in [1.82, 2.24) is 0 Å². The fourth-order valence-corrected chi connectivity index (χ4v) is 4.55. The number of ketones is 2. The molecule has 9 heteroatoms. The zero-order chi connectivity index (χ0) is 28.8. The van der Waals surface area contributed by atoms with Gasteiger partial charge in [-0.2, -0.15) is 0 Å². The van der Waals surface area contributed by atoms with Gasteiger partial charge < -0.3 is 18.5 Å². The maximum atomic E-state index is 12.6. The lowest BCUT2D eigenvalue weighted by Gasteiger charge is -2.30. The molecule has 8 nitrogen and oxygen atoms in total. The van der Waals surface area contributed by atoms with Crippen LogP contribution in [0.4, 0.5) is 0 Å². The number of hydrogen-bond donors (Lipinski definition) is 0. The summed E-state index contributed by atoms with van der Waals surface area (Å²) in [6.07, 6.45) is 10.7. The van der Waals surface area contributed by atoms with Gasteiger partial charge in [0.15, 0.2) is 0 Å². The topological polar surface area (TPSA) is 110 Å². The van der Waals surface area contributed by atoms with Crippen LogP contribution in [0, 0.1) is 0 Å². The number of allylic oxidation sites excluding steroid dienone is 2. The Labute approximate surface area is 229 Å². The zero-order valence-electron chi connectivity index (χ0n) is 23.9. The highest BCUT2D eigenvalue weighted by Crippen LogP contribution is 2.28. The molecule has 0 heterocycles. The molecule has 1 aromatic carbocycles. The van der Waals surface area contributed by atoms with Gasteiger partial charge in [0.1, 0.15) is 6.54 Å². The van der Waals surface area contributed by atoms with Crippen LogP contribution in [0.2, 0.25) is 0 Å². The zero-order valence-corrected chi connectivity index (χ0v) is 24.7. The van der Waals surface area contributed by atoms with Crippen LogP contribution in [0.15, 0.2) is 53.0 Å². The third-order valence-electron chi connectivity index (χ3n) is 6.49. The van der Waals surface area contributed by atoms with Crippen molar-refractivity contribution in [3.8, 4) is 0 Å². The van der Waals surface area contributed by atoms with Crippen LogP contribution in [-0.4, -0.2) is 70.1 Å². The second kappa shape index (κ2) is 16.5. The number of methoxy groups -OCH3 is 2. The number of benzene rings is 1. The molecule has 0 bridgehead atoms. The second-order valence-electron chi connectivity index (χ2n) is 10.4. The third-order valence-corrected chi connectivity index (χ3v) is 6.49. The molecule has 0 spiro atoms. The van der Waals surface area contributed by atoms with Gasteiger partial charge in [-0.15, -0.1) is 0 Å². The summed E-state index contributed by atoms with van der Waals surface area (Å²) in [6, 6.07) is 10.7. The monoisotopic (exact) mass is 551 g/mol. The molecule has 1 aliphatic carbocycles. The van der Waals surface area contributed by atoms with Gasteiger partial charge in [-0.3, -0.25) is 9.59 Å². The molecule has 0 unspecified atom stereocenters. The molecule has 1 aromatic rings. The molecule has 0 N–H and O–H groups in total. The summed E-state index contributed by atoms with van der Waals surface area (Å²) < 4.78 is 38.5. The predicted octanol–water partition coefficient (Wildman–Crippen LogP) is 4.91. The third kappa shape index (κ3) is 12.8. The molecule has 38 heavy (non-hydrogen) atoms. The fourth-order valence-electron chi connectivity index (χ4n) is 4.55. The van der Waals surface area contributed by atoms with Gasteiger partial charge in [-0.1, -0.05) is 62.4 Å². The first-order chi connectivity index (χ1) is 17.8. The van der Waals surface area contributed by atoms with Crippen molar-refractivity contribution in [1.29, 1.82) is 0 Å². The van der Waals surface area contributed by atoms with Crippen molar-refractivity contribution < 1.29 is 36.5 Å². The standard InChI is InChI=1S/C28H42NO4.CH4O3S/c1-22-24(26(31)28(33-5)27(32-4)25(22)30)19-15-10-8-6-7-9-11-16-20-29(2,3)21-23-17-13-12-14-18-23;1-5(2,3)4/h12-14,17-18H,6-11,15-16,19-21H2,1-5H3;1H3,(H,2,3,4)/q+1;/p-1. The molecule has 0 saturated heterocycles. The normalized spacial score (nSPS) is 14.4. The molecule has 0 atom stereocenters. The van der Waals surface area contributed by atoms with E-state index in [1.807, 2.05) is 0 Å². The van der Waals surface area contributed by atoms with Crippen LogP contribution in [0.5, 0.6) is 0 Å². The number of hydrogen-bond acceptors (Lipinski definition) is 7. The Morgan fingerprint density at radius 1 is 0.789 bits per heavy atom. The van der Waals surface area contributed by atoms with Gasteiger partial charge in [-0.05, 0) is 32.6 Å². The van der Waals surface area contributed by atoms with E-state index in [1.165, 1.54) is 64.9 Å². The van der Waals surface area contributed by atoms with E-state index in [-0.39, 0.29) is 23.1 Å². The lowest BCUT2D eigenvalue weighted by molar-refractivity contribution is -0.903. The van der Waals surface area contributed by atoms with E-state index in [1.54, 1.807) is 6.92 Å². The Morgan fingerprint density at radius 2 is 1.24 bits per heavy atom. The minimum absolute atomic E-state index is 0.0194. The Bertz CT molecular complexity index is 1070. The number of unbranched alkanes of at least 4 members (excludes halogenated alkanes) is 7. The Hall–Kier alpha value is -2.49. The van der Waals surface area contributed by atoms with Crippen molar-refractivity contribution in [3.63, 3.8) is 0 Å². The quantitative estimate of drug-likeness (QED) is 0.132. The van der Waals surface area contributed by atoms with Gasteiger partial charge in [-0.25, -0.2) is 8.42 Å². The van der Waals surface area contributed by atoms with Crippen LogP contribution in [-0.2, 0) is 35.7 Å². The van der Waals surface area contributed by atoms with Gasteiger partial charge >= 0.3 is 0 Å². The first-order valence-corrected chi connectivity index (χ1v) is 15.0.